The summed E-state index contributed by atoms with van der Waals surface area (Å²) < 4.78 is 2.09. The van der Waals surface area contributed by atoms with Crippen LogP contribution >= 0.6 is 23.2 Å². The second kappa shape index (κ2) is 10.6. The van der Waals surface area contributed by atoms with Crippen LogP contribution in [0.3, 0.4) is 0 Å². The molecule has 2 heterocycles. The first-order valence-corrected chi connectivity index (χ1v) is 13.0. The molecule has 0 aliphatic carbocycles. The number of hydrogen-bond donors (Lipinski definition) is 1. The van der Waals surface area contributed by atoms with E-state index < -0.39 is 11.4 Å². The Bertz CT molecular complexity index is 1250. The number of hydrogen-bond acceptors (Lipinski definition) is 2. The third kappa shape index (κ3) is 5.52. The van der Waals surface area contributed by atoms with Crippen molar-refractivity contribution >= 4 is 46.0 Å². The number of rotatable bonds is 9. The molecule has 1 amide bonds. The van der Waals surface area contributed by atoms with Crippen LogP contribution in [0.25, 0.3) is 10.9 Å². The fourth-order valence-electron chi connectivity index (χ4n) is 5.14. The highest BCUT2D eigenvalue weighted by Gasteiger charge is 2.43. The number of carbonyl (C=O) groups excluding carboxylic acids is 1. The first-order valence-electron chi connectivity index (χ1n) is 12.2. The number of carboxylic acids is 1. The molecule has 7 heteroatoms. The number of aromatic nitrogens is 1. The third-order valence-electron chi connectivity index (χ3n) is 7.29. The quantitative estimate of drug-likeness (QED) is 0.320. The van der Waals surface area contributed by atoms with Crippen molar-refractivity contribution in [2.45, 2.75) is 51.9 Å². The lowest BCUT2D eigenvalue weighted by atomic mass is 9.90. The van der Waals surface area contributed by atoms with Gasteiger partial charge in [0.2, 0.25) is 0 Å². The average Bonchev–Trinajstić information content (AvgIpc) is 3.35. The Kier molecular flexibility index (Phi) is 7.77. The van der Waals surface area contributed by atoms with Gasteiger partial charge in [-0.05, 0) is 74.9 Å². The second-order valence-electron chi connectivity index (χ2n) is 9.93. The van der Waals surface area contributed by atoms with Crippen molar-refractivity contribution < 1.29 is 14.7 Å². The molecule has 4 rings (SSSR count). The molecule has 2 aromatic carbocycles. The van der Waals surface area contributed by atoms with Gasteiger partial charge in [0.15, 0.2) is 0 Å². The van der Waals surface area contributed by atoms with Crippen molar-refractivity contribution in [1.29, 1.82) is 0 Å². The monoisotopic (exact) mass is 514 g/mol. The van der Waals surface area contributed by atoms with Gasteiger partial charge >= 0.3 is 5.97 Å². The van der Waals surface area contributed by atoms with E-state index in [-0.39, 0.29) is 12.5 Å². The molecular weight excluding hydrogens is 483 g/mol. The number of fused-ring (bicyclic) bond motifs is 1. The molecule has 35 heavy (non-hydrogen) atoms. The molecule has 0 bridgehead atoms. The van der Waals surface area contributed by atoms with Crippen LogP contribution in [-0.4, -0.2) is 39.5 Å². The van der Waals surface area contributed by atoms with Gasteiger partial charge in [0, 0.05) is 46.8 Å². The predicted octanol–water partition coefficient (Wildman–Crippen LogP) is 6.77. The van der Waals surface area contributed by atoms with Gasteiger partial charge in [-0.3, -0.25) is 9.59 Å². The first kappa shape index (κ1) is 25.6. The molecular formula is C28H32Cl2N2O3. The summed E-state index contributed by atoms with van der Waals surface area (Å²) in [6.07, 6.45) is 6.49. The molecule has 3 aromatic rings. The van der Waals surface area contributed by atoms with Gasteiger partial charge in [-0.2, -0.15) is 0 Å². The number of carboxylic acid groups (broad SMARTS) is 1. The number of aryl methyl sites for hydroxylation is 2. The molecule has 0 spiro atoms. The van der Waals surface area contributed by atoms with Gasteiger partial charge in [-0.25, -0.2) is 0 Å². The summed E-state index contributed by atoms with van der Waals surface area (Å²) in [5, 5.41) is 11.8. The maximum atomic E-state index is 13.7. The Morgan fingerprint density at radius 2 is 1.71 bits per heavy atom. The molecule has 1 aromatic heterocycles. The minimum Gasteiger partial charge on any atom is -0.481 e. The van der Waals surface area contributed by atoms with Crippen molar-refractivity contribution in [3.8, 4) is 0 Å². The number of amides is 1. The molecule has 186 valence electrons. The van der Waals surface area contributed by atoms with Crippen LogP contribution in [-0.2, 0) is 24.7 Å². The third-order valence-corrected chi connectivity index (χ3v) is 7.76. The average molecular weight is 515 g/mol. The van der Waals surface area contributed by atoms with Crippen molar-refractivity contribution in [1.82, 2.24) is 9.47 Å². The van der Waals surface area contributed by atoms with Gasteiger partial charge in [0.05, 0.1) is 11.0 Å². The molecule has 1 N–H and O–H groups in total. The van der Waals surface area contributed by atoms with Crippen LogP contribution in [0, 0.1) is 5.41 Å². The maximum absolute atomic E-state index is 13.7. The van der Waals surface area contributed by atoms with E-state index in [4.69, 9.17) is 23.2 Å². The normalized spacial score (nSPS) is 17.9. The SMILES string of the molecule is Cn1c(CCCCCCc2cccc(Cl)c2)c(C(=O)N2CC[C@@](C)(C(=O)O)C2)c2cc(Cl)ccc21. The topological polar surface area (TPSA) is 62.5 Å². The van der Waals surface area contributed by atoms with E-state index in [9.17, 15) is 14.7 Å². The lowest BCUT2D eigenvalue weighted by Gasteiger charge is -2.21. The molecule has 1 aliphatic rings. The summed E-state index contributed by atoms with van der Waals surface area (Å²) in [6, 6.07) is 13.7. The minimum absolute atomic E-state index is 0.0983. The standard InChI is InChI=1S/C28H32Cl2N2O3/c1-28(27(34)35)14-15-32(18-28)26(33)25-22-17-21(30)12-13-23(22)31(2)24(25)11-6-4-3-5-8-19-9-7-10-20(29)16-19/h7,9-10,12-13,16-17H,3-6,8,11,14-15,18H2,1-2H3,(H,34,35)/t28-/m1/s1. The number of likely N-dealkylation sites (tertiary alicyclic amines) is 1. The lowest BCUT2D eigenvalue weighted by Crippen LogP contribution is -2.35. The number of halogens is 2. The number of carbonyl (C=O) groups is 2. The second-order valence-corrected chi connectivity index (χ2v) is 10.8. The molecule has 1 saturated heterocycles. The highest BCUT2D eigenvalue weighted by Crippen LogP contribution is 2.35. The summed E-state index contributed by atoms with van der Waals surface area (Å²) in [6.45, 7) is 2.38. The van der Waals surface area contributed by atoms with Crippen molar-refractivity contribution in [2.75, 3.05) is 13.1 Å². The van der Waals surface area contributed by atoms with Gasteiger partial charge in [-0.1, -0.05) is 48.2 Å². The van der Waals surface area contributed by atoms with E-state index in [1.807, 2.05) is 43.4 Å². The minimum atomic E-state index is -0.902. The van der Waals surface area contributed by atoms with Gasteiger partial charge in [-0.15, -0.1) is 0 Å². The summed E-state index contributed by atoms with van der Waals surface area (Å²) in [7, 11) is 1.99. The molecule has 0 radical (unpaired) electrons. The van der Waals surface area contributed by atoms with Crippen LogP contribution in [0.15, 0.2) is 42.5 Å². The molecule has 0 saturated carbocycles. The fraction of sp³-hybridized carbons (Fsp3) is 0.429. The zero-order valence-corrected chi connectivity index (χ0v) is 21.8. The van der Waals surface area contributed by atoms with Crippen LogP contribution < -0.4 is 0 Å². The van der Waals surface area contributed by atoms with Crippen molar-refractivity contribution in [3.05, 3.63) is 69.3 Å². The van der Waals surface area contributed by atoms with E-state index in [0.29, 0.717) is 23.6 Å². The van der Waals surface area contributed by atoms with E-state index in [0.717, 1.165) is 60.1 Å². The molecule has 0 unspecified atom stereocenters. The molecule has 1 atom stereocenters. The smallest absolute Gasteiger partial charge is 0.311 e. The van der Waals surface area contributed by atoms with Gasteiger partial charge in [0.25, 0.3) is 5.91 Å². The Labute approximate surface area is 216 Å². The van der Waals surface area contributed by atoms with E-state index in [1.165, 1.54) is 5.56 Å². The van der Waals surface area contributed by atoms with Crippen molar-refractivity contribution in [2.24, 2.45) is 12.5 Å². The summed E-state index contributed by atoms with van der Waals surface area (Å²) in [4.78, 5) is 27.1. The largest absolute Gasteiger partial charge is 0.481 e. The lowest BCUT2D eigenvalue weighted by molar-refractivity contribution is -0.147. The summed E-state index contributed by atoms with van der Waals surface area (Å²) >= 11 is 12.4. The predicted molar refractivity (Wildman–Crippen MR) is 142 cm³/mol. The Morgan fingerprint density at radius 3 is 2.40 bits per heavy atom. The Morgan fingerprint density at radius 1 is 1.00 bits per heavy atom. The zero-order valence-electron chi connectivity index (χ0n) is 20.3. The Hall–Kier alpha value is -2.50. The highest BCUT2D eigenvalue weighted by atomic mass is 35.5. The molecule has 1 fully saturated rings. The summed E-state index contributed by atoms with van der Waals surface area (Å²) in [5.74, 6) is -0.953. The van der Waals surface area contributed by atoms with E-state index in [2.05, 4.69) is 10.6 Å². The maximum Gasteiger partial charge on any atom is 0.311 e. The number of unbranched alkanes of at least 4 members (excludes halogenated alkanes) is 3. The van der Waals surface area contributed by atoms with Crippen LogP contribution in [0.2, 0.25) is 10.0 Å². The number of benzene rings is 2. The van der Waals surface area contributed by atoms with Crippen LogP contribution in [0.1, 0.15) is 60.6 Å². The Balaban J connectivity index is 1.47. The van der Waals surface area contributed by atoms with E-state index in [1.54, 1.807) is 11.8 Å². The highest BCUT2D eigenvalue weighted by molar-refractivity contribution is 6.31. The van der Waals surface area contributed by atoms with Crippen molar-refractivity contribution in [3.63, 3.8) is 0 Å². The van der Waals surface area contributed by atoms with Gasteiger partial charge < -0.3 is 14.6 Å². The molecule has 5 nitrogen and oxygen atoms in total. The first-order chi connectivity index (χ1) is 16.7. The number of nitrogens with zero attached hydrogens (tertiary/aromatic N) is 2. The zero-order chi connectivity index (χ0) is 25.2. The van der Waals surface area contributed by atoms with Crippen LogP contribution in [0.4, 0.5) is 0 Å². The van der Waals surface area contributed by atoms with Gasteiger partial charge in [0.1, 0.15) is 0 Å². The summed E-state index contributed by atoms with van der Waals surface area (Å²) in [5.41, 5.74) is 2.98. The number of aliphatic carboxylic acids is 1. The van der Waals surface area contributed by atoms with E-state index >= 15 is 0 Å². The molecule has 1 aliphatic heterocycles. The van der Waals surface area contributed by atoms with Crippen LogP contribution in [0.5, 0.6) is 0 Å². The fourth-order valence-corrected chi connectivity index (χ4v) is 5.52.